The number of hydrogen-bond donors (Lipinski definition) is 2. The molecule has 0 aliphatic carbocycles. The molecule has 4 aromatic rings. The Morgan fingerprint density at radius 1 is 0.795 bits per heavy atom. The quantitative estimate of drug-likeness (QED) is 0.235. The highest BCUT2D eigenvalue weighted by Crippen LogP contribution is 2.33. The third kappa shape index (κ3) is 6.60. The minimum absolute atomic E-state index is 0.0414. The molecule has 1 atom stereocenters. The van der Waals surface area contributed by atoms with Crippen LogP contribution in [0.1, 0.15) is 17.2 Å². The summed E-state index contributed by atoms with van der Waals surface area (Å²) in [4.78, 5) is 13.4. The summed E-state index contributed by atoms with van der Waals surface area (Å²) in [6.45, 7) is -2.91. The van der Waals surface area contributed by atoms with Crippen molar-refractivity contribution in [3.05, 3.63) is 124 Å². The highest BCUT2D eigenvalue weighted by molar-refractivity contribution is 6.30. The van der Waals surface area contributed by atoms with Crippen molar-refractivity contribution < 1.29 is 23.0 Å². The minimum Gasteiger partial charge on any atom is -0.457 e. The van der Waals surface area contributed by atoms with E-state index in [1.165, 1.54) is 17.1 Å². The molecule has 2 amide bonds. The van der Waals surface area contributed by atoms with Gasteiger partial charge in [-0.25, -0.2) is 9.80 Å². The van der Waals surface area contributed by atoms with E-state index in [-0.39, 0.29) is 5.75 Å². The van der Waals surface area contributed by atoms with E-state index in [2.05, 4.69) is 15.5 Å². The number of carbonyl (C=O) groups is 1. The fraction of sp³-hybridized carbons (Fsp3) is 0.0690. The van der Waals surface area contributed by atoms with Crippen LogP contribution in [0.5, 0.6) is 17.2 Å². The molecule has 39 heavy (non-hydrogen) atoms. The first-order chi connectivity index (χ1) is 18.8. The van der Waals surface area contributed by atoms with Crippen LogP contribution in [0.2, 0.25) is 10.0 Å². The van der Waals surface area contributed by atoms with Crippen molar-refractivity contribution in [2.24, 2.45) is 0 Å². The largest absolute Gasteiger partial charge is 0.457 e. The average molecular weight is 568 g/mol. The lowest BCUT2D eigenvalue weighted by Crippen LogP contribution is -2.42. The highest BCUT2D eigenvalue weighted by atomic mass is 35.5. The van der Waals surface area contributed by atoms with Crippen LogP contribution in [0.25, 0.3) is 5.70 Å². The van der Waals surface area contributed by atoms with Crippen molar-refractivity contribution in [2.75, 3.05) is 5.32 Å². The van der Waals surface area contributed by atoms with Gasteiger partial charge in [0.05, 0.1) is 5.70 Å². The number of anilines is 1. The molecular formula is C29H21Cl2F2N3O3. The van der Waals surface area contributed by atoms with E-state index in [4.69, 9.17) is 27.9 Å². The number of benzene rings is 4. The van der Waals surface area contributed by atoms with E-state index in [9.17, 15) is 13.6 Å². The monoisotopic (exact) mass is 567 g/mol. The molecule has 0 spiro atoms. The summed E-state index contributed by atoms with van der Waals surface area (Å²) in [6.07, 6.45) is 1.87. The maximum absolute atomic E-state index is 13.4. The number of hydrogen-bond acceptors (Lipinski definition) is 4. The van der Waals surface area contributed by atoms with Gasteiger partial charge in [-0.1, -0.05) is 35.3 Å². The molecule has 0 fully saturated rings. The highest BCUT2D eigenvalue weighted by Gasteiger charge is 2.31. The Kier molecular flexibility index (Phi) is 7.86. The number of urea groups is 1. The van der Waals surface area contributed by atoms with Gasteiger partial charge in [-0.15, -0.1) is 0 Å². The van der Waals surface area contributed by atoms with E-state index in [0.717, 1.165) is 5.56 Å². The number of carbonyl (C=O) groups excluding carboxylic acids is 1. The molecule has 0 saturated carbocycles. The van der Waals surface area contributed by atoms with Gasteiger partial charge in [0.25, 0.3) is 0 Å². The number of halogens is 4. The van der Waals surface area contributed by atoms with Gasteiger partial charge >= 0.3 is 12.6 Å². The maximum Gasteiger partial charge on any atom is 0.387 e. The fourth-order valence-electron chi connectivity index (χ4n) is 3.96. The van der Waals surface area contributed by atoms with Crippen molar-refractivity contribution in [3.8, 4) is 17.2 Å². The second kappa shape index (κ2) is 11.6. The van der Waals surface area contributed by atoms with E-state index in [1.807, 2.05) is 18.2 Å². The van der Waals surface area contributed by atoms with E-state index in [0.29, 0.717) is 38.5 Å². The van der Waals surface area contributed by atoms with Crippen molar-refractivity contribution in [2.45, 2.75) is 12.7 Å². The molecule has 1 aliphatic heterocycles. The second-order valence-electron chi connectivity index (χ2n) is 8.47. The normalized spacial score (nSPS) is 14.5. The number of nitrogens with one attached hydrogen (secondary N) is 2. The van der Waals surface area contributed by atoms with Gasteiger partial charge in [-0.2, -0.15) is 8.78 Å². The number of amides is 2. The first-order valence-electron chi connectivity index (χ1n) is 11.8. The number of rotatable bonds is 7. The van der Waals surface area contributed by atoms with Crippen LogP contribution in [0.3, 0.4) is 0 Å². The Bertz CT molecular complexity index is 1460. The van der Waals surface area contributed by atoms with E-state index >= 15 is 0 Å². The van der Waals surface area contributed by atoms with Crippen LogP contribution < -0.4 is 20.2 Å². The fourth-order valence-corrected chi connectivity index (χ4v) is 4.21. The molecule has 2 N–H and O–H groups in total. The van der Waals surface area contributed by atoms with Crippen LogP contribution in [-0.4, -0.2) is 17.7 Å². The van der Waals surface area contributed by atoms with Crippen molar-refractivity contribution in [1.29, 1.82) is 0 Å². The number of ether oxygens (including phenoxy) is 2. The zero-order valence-corrected chi connectivity index (χ0v) is 21.7. The van der Waals surface area contributed by atoms with Crippen LogP contribution >= 0.6 is 23.2 Å². The lowest BCUT2D eigenvalue weighted by atomic mass is 10.0. The van der Waals surface area contributed by atoms with Gasteiger partial charge in [-0.05, 0) is 102 Å². The molecular weight excluding hydrogens is 547 g/mol. The third-order valence-corrected chi connectivity index (χ3v) is 6.32. The predicted octanol–water partition coefficient (Wildman–Crippen LogP) is 8.52. The zero-order chi connectivity index (χ0) is 27.4. The summed E-state index contributed by atoms with van der Waals surface area (Å²) in [6, 6.07) is 26.4. The SMILES string of the molecule is O=C(Nc1ccc(Oc2ccc(Cl)cc2)cc1)N1NC(c2ccc(OC(F)F)cc2)=CC1c1ccc(Cl)cc1. The van der Waals surface area contributed by atoms with Crippen LogP contribution in [0.15, 0.2) is 103 Å². The van der Waals surface area contributed by atoms with Gasteiger partial charge in [0, 0.05) is 15.7 Å². The molecule has 0 saturated heterocycles. The molecule has 1 heterocycles. The molecule has 0 bridgehead atoms. The molecule has 0 radical (unpaired) electrons. The lowest BCUT2D eigenvalue weighted by molar-refractivity contribution is -0.0498. The van der Waals surface area contributed by atoms with Gasteiger partial charge in [-0.3, -0.25) is 5.43 Å². The molecule has 10 heteroatoms. The first kappa shape index (κ1) is 26.3. The summed E-state index contributed by atoms with van der Waals surface area (Å²) < 4.78 is 35.3. The van der Waals surface area contributed by atoms with Crippen molar-refractivity contribution in [1.82, 2.24) is 10.4 Å². The summed E-state index contributed by atoms with van der Waals surface area (Å²) in [5.74, 6) is 1.27. The second-order valence-corrected chi connectivity index (χ2v) is 9.34. The topological polar surface area (TPSA) is 62.8 Å². The average Bonchev–Trinajstić information content (AvgIpc) is 3.37. The molecule has 1 unspecified atom stereocenters. The van der Waals surface area contributed by atoms with Crippen molar-refractivity contribution in [3.63, 3.8) is 0 Å². The molecule has 1 aliphatic rings. The summed E-state index contributed by atoms with van der Waals surface area (Å²) in [5, 5.41) is 5.51. The van der Waals surface area contributed by atoms with E-state index in [1.54, 1.807) is 72.8 Å². The first-order valence-corrected chi connectivity index (χ1v) is 12.5. The molecule has 6 nitrogen and oxygen atoms in total. The van der Waals surface area contributed by atoms with Gasteiger partial charge in [0.1, 0.15) is 23.3 Å². The summed E-state index contributed by atoms with van der Waals surface area (Å²) in [5.41, 5.74) is 5.82. The predicted molar refractivity (Wildman–Crippen MR) is 147 cm³/mol. The van der Waals surface area contributed by atoms with Crippen LogP contribution in [0, 0.1) is 0 Å². The Hall–Kier alpha value is -4.27. The molecule has 5 rings (SSSR count). The van der Waals surface area contributed by atoms with Crippen LogP contribution in [-0.2, 0) is 0 Å². The molecule has 4 aromatic carbocycles. The Morgan fingerprint density at radius 2 is 1.33 bits per heavy atom. The summed E-state index contributed by atoms with van der Waals surface area (Å²) >= 11 is 12.0. The van der Waals surface area contributed by atoms with Gasteiger partial charge in [0.2, 0.25) is 0 Å². The summed E-state index contributed by atoms with van der Waals surface area (Å²) in [7, 11) is 0. The number of hydrazine groups is 1. The van der Waals surface area contributed by atoms with Gasteiger partial charge in [0.15, 0.2) is 0 Å². The molecule has 0 aromatic heterocycles. The minimum atomic E-state index is -2.91. The van der Waals surface area contributed by atoms with Crippen molar-refractivity contribution >= 4 is 40.6 Å². The van der Waals surface area contributed by atoms with E-state index < -0.39 is 18.7 Å². The smallest absolute Gasteiger partial charge is 0.387 e. The Labute approximate surface area is 233 Å². The standard InChI is InChI=1S/C29H21Cl2F2N3O3/c30-20-5-1-19(2-6-20)27-17-26(18-3-11-25(12-4-18)39-28(32)33)35-36(27)29(37)34-22-9-15-24(16-10-22)38-23-13-7-21(31)8-14-23/h1-17,27-28,35H,(H,34,37). The zero-order valence-electron chi connectivity index (χ0n) is 20.2. The maximum atomic E-state index is 13.4. The molecule has 198 valence electrons. The van der Waals surface area contributed by atoms with Crippen LogP contribution in [0.4, 0.5) is 19.3 Å². The number of nitrogens with zero attached hydrogens (tertiary/aromatic N) is 1. The third-order valence-electron chi connectivity index (χ3n) is 5.82. The Morgan fingerprint density at radius 3 is 1.92 bits per heavy atom. The Balaban J connectivity index is 1.32. The lowest BCUT2D eigenvalue weighted by Gasteiger charge is -2.26. The van der Waals surface area contributed by atoms with Gasteiger partial charge < -0.3 is 14.8 Å². The number of alkyl halides is 2.